The van der Waals surface area contributed by atoms with Gasteiger partial charge in [0.05, 0.1) is 12.3 Å². The zero-order valence-corrected chi connectivity index (χ0v) is 8.58. The van der Waals surface area contributed by atoms with E-state index in [4.69, 9.17) is 5.11 Å². The molecule has 0 aromatic carbocycles. The Balaban J connectivity index is 2.51. The summed E-state index contributed by atoms with van der Waals surface area (Å²) in [5.41, 5.74) is 0. The molecule has 0 aromatic rings. The molecule has 3 N–H and O–H groups in total. The summed E-state index contributed by atoms with van der Waals surface area (Å²) < 4.78 is 23.6. The van der Waals surface area contributed by atoms with Crippen LogP contribution in [0.25, 0.3) is 0 Å². The van der Waals surface area contributed by atoms with Crippen LogP contribution in [0.2, 0.25) is 0 Å². The van der Waals surface area contributed by atoms with E-state index < -0.39 is 27.9 Å². The highest BCUT2D eigenvalue weighted by atomic mass is 32.2. The zero-order chi connectivity index (χ0) is 11.5. The van der Waals surface area contributed by atoms with Gasteiger partial charge in [-0.05, 0) is 0 Å². The van der Waals surface area contributed by atoms with Gasteiger partial charge in [0.25, 0.3) is 0 Å². The summed E-state index contributed by atoms with van der Waals surface area (Å²) in [6, 6.07) is -0.662. The summed E-state index contributed by atoms with van der Waals surface area (Å²) in [7, 11) is -3.71. The number of sulfonamides is 1. The van der Waals surface area contributed by atoms with Crippen molar-refractivity contribution in [2.75, 3.05) is 25.4 Å². The van der Waals surface area contributed by atoms with E-state index in [1.807, 2.05) is 5.32 Å². The van der Waals surface area contributed by atoms with E-state index >= 15 is 0 Å². The summed E-state index contributed by atoms with van der Waals surface area (Å²) in [5, 5.41) is 12.5. The molecule has 1 aliphatic rings. The monoisotopic (exact) mass is 237 g/mol. The number of hydrogen-bond acceptors (Lipinski definition) is 4. The number of amides is 3. The van der Waals surface area contributed by atoms with E-state index in [1.165, 1.54) is 0 Å². The van der Waals surface area contributed by atoms with Gasteiger partial charge in [0.2, 0.25) is 10.0 Å². The highest BCUT2D eigenvalue weighted by molar-refractivity contribution is 7.89. The van der Waals surface area contributed by atoms with E-state index in [9.17, 15) is 18.0 Å². The summed E-state index contributed by atoms with van der Waals surface area (Å²) in [6.07, 6.45) is -1.30. The van der Waals surface area contributed by atoms with Crippen LogP contribution in [0.5, 0.6) is 0 Å². The van der Waals surface area contributed by atoms with Gasteiger partial charge in [-0.3, -0.25) is 0 Å². The predicted molar refractivity (Wildman–Crippen MR) is 49.9 cm³/mol. The Morgan fingerprint density at radius 2 is 2.27 bits per heavy atom. The van der Waals surface area contributed by atoms with Crippen LogP contribution in [0.3, 0.4) is 0 Å². The molecule has 9 heteroatoms. The first kappa shape index (κ1) is 11.6. The van der Waals surface area contributed by atoms with Gasteiger partial charge in [-0.2, -0.15) is 0 Å². The second-order valence-electron chi connectivity index (χ2n) is 2.85. The molecule has 0 radical (unpaired) electrons. The topological polar surface area (TPSA) is 116 Å². The van der Waals surface area contributed by atoms with Gasteiger partial charge in [-0.15, -0.1) is 0 Å². The maximum atomic E-state index is 11.5. The lowest BCUT2D eigenvalue weighted by molar-refractivity contribution is 0.195. The van der Waals surface area contributed by atoms with Gasteiger partial charge in [0.1, 0.15) is 0 Å². The van der Waals surface area contributed by atoms with Crippen molar-refractivity contribution in [2.24, 2.45) is 0 Å². The van der Waals surface area contributed by atoms with Crippen LogP contribution in [0.4, 0.5) is 9.59 Å². The number of hydrogen-bond donors (Lipinski definition) is 3. The van der Waals surface area contributed by atoms with Crippen molar-refractivity contribution < 1.29 is 23.1 Å². The molecule has 1 fully saturated rings. The summed E-state index contributed by atoms with van der Waals surface area (Å²) in [6.45, 7) is 0.139. The molecule has 8 nitrogen and oxygen atoms in total. The van der Waals surface area contributed by atoms with E-state index in [1.54, 1.807) is 0 Å². The first-order chi connectivity index (χ1) is 6.93. The fourth-order valence-corrected chi connectivity index (χ4v) is 2.38. The molecule has 0 unspecified atom stereocenters. The Morgan fingerprint density at radius 1 is 1.60 bits per heavy atom. The van der Waals surface area contributed by atoms with Crippen LogP contribution in [0, 0.1) is 0 Å². The van der Waals surface area contributed by atoms with Gasteiger partial charge < -0.3 is 15.7 Å². The average molecular weight is 237 g/mol. The van der Waals surface area contributed by atoms with Gasteiger partial charge in [0.15, 0.2) is 0 Å². The van der Waals surface area contributed by atoms with Crippen LogP contribution >= 0.6 is 0 Å². The number of carboxylic acid groups (broad SMARTS) is 1. The van der Waals surface area contributed by atoms with Crippen molar-refractivity contribution in [1.29, 1.82) is 0 Å². The third kappa shape index (κ3) is 2.98. The van der Waals surface area contributed by atoms with Gasteiger partial charge in [0, 0.05) is 13.1 Å². The summed E-state index contributed by atoms with van der Waals surface area (Å²) in [4.78, 5) is 21.1. The summed E-state index contributed by atoms with van der Waals surface area (Å²) >= 11 is 0. The second kappa shape index (κ2) is 4.34. The fourth-order valence-electron chi connectivity index (χ4n) is 1.12. The van der Waals surface area contributed by atoms with E-state index in [0.717, 1.165) is 0 Å². The molecule has 0 aromatic heterocycles. The van der Waals surface area contributed by atoms with Gasteiger partial charge in [-0.25, -0.2) is 22.3 Å². The molecule has 0 saturated carbocycles. The number of nitrogens with one attached hydrogen (secondary N) is 2. The first-order valence-corrected chi connectivity index (χ1v) is 5.79. The average Bonchev–Trinajstić information content (AvgIpc) is 2.50. The molecular formula is C6H11N3O5S. The lowest BCUT2D eigenvalue weighted by Gasteiger charge is -2.14. The minimum atomic E-state index is -3.71. The number of nitrogens with zero attached hydrogens (tertiary/aromatic N) is 1. The van der Waals surface area contributed by atoms with Crippen LogP contribution in [0.1, 0.15) is 0 Å². The van der Waals surface area contributed by atoms with E-state index in [0.29, 0.717) is 4.31 Å². The Labute approximate surface area is 86.3 Å². The van der Waals surface area contributed by atoms with Crippen LogP contribution in [0.15, 0.2) is 0 Å². The van der Waals surface area contributed by atoms with Crippen molar-refractivity contribution in [3.05, 3.63) is 0 Å². The molecule has 3 amide bonds. The van der Waals surface area contributed by atoms with Crippen molar-refractivity contribution in [2.45, 2.75) is 0 Å². The maximum Gasteiger partial charge on any atom is 0.404 e. The zero-order valence-electron chi connectivity index (χ0n) is 7.76. The van der Waals surface area contributed by atoms with Crippen molar-refractivity contribution >= 4 is 22.1 Å². The van der Waals surface area contributed by atoms with Gasteiger partial charge in [-0.1, -0.05) is 0 Å². The van der Waals surface area contributed by atoms with Crippen molar-refractivity contribution in [3.8, 4) is 0 Å². The molecule has 15 heavy (non-hydrogen) atoms. The molecule has 0 aliphatic carbocycles. The highest BCUT2D eigenvalue weighted by Crippen LogP contribution is 2.05. The Bertz CT molecular complexity index is 365. The minimum absolute atomic E-state index is 0.0915. The maximum absolute atomic E-state index is 11.5. The molecular weight excluding hydrogens is 226 g/mol. The molecule has 0 bridgehead atoms. The molecule has 1 rings (SSSR count). The minimum Gasteiger partial charge on any atom is -0.465 e. The first-order valence-electron chi connectivity index (χ1n) is 4.18. The second-order valence-corrected chi connectivity index (χ2v) is 4.86. The fraction of sp³-hybridized carbons (Fsp3) is 0.667. The molecule has 1 saturated heterocycles. The smallest absolute Gasteiger partial charge is 0.404 e. The molecule has 1 aliphatic heterocycles. The standard InChI is InChI=1S/C6H11N3O5S/c10-5-7-1-3-9(5)15(13,14)4-2-8-6(11)12/h8H,1-4H2,(H,7,10)(H,11,12). The van der Waals surface area contributed by atoms with E-state index in [-0.39, 0.29) is 19.6 Å². The Kier molecular flexibility index (Phi) is 3.35. The molecule has 1 heterocycles. The Morgan fingerprint density at radius 3 is 2.73 bits per heavy atom. The number of urea groups is 1. The third-order valence-corrected chi connectivity index (χ3v) is 3.53. The predicted octanol–water partition coefficient (Wildman–Crippen LogP) is -1.39. The largest absolute Gasteiger partial charge is 0.465 e. The quantitative estimate of drug-likeness (QED) is 0.556. The lowest BCUT2D eigenvalue weighted by Crippen LogP contribution is -2.39. The number of carbonyl (C=O) groups is 2. The summed E-state index contributed by atoms with van der Waals surface area (Å²) in [5.74, 6) is -0.424. The molecule has 0 atom stereocenters. The van der Waals surface area contributed by atoms with Crippen LogP contribution < -0.4 is 10.6 Å². The third-order valence-electron chi connectivity index (χ3n) is 1.79. The number of rotatable bonds is 4. The van der Waals surface area contributed by atoms with E-state index in [2.05, 4.69) is 5.32 Å². The highest BCUT2D eigenvalue weighted by Gasteiger charge is 2.30. The van der Waals surface area contributed by atoms with Crippen molar-refractivity contribution in [3.63, 3.8) is 0 Å². The van der Waals surface area contributed by atoms with Crippen LogP contribution in [-0.4, -0.2) is 55.3 Å². The SMILES string of the molecule is O=C(O)NCCS(=O)(=O)N1CCNC1=O. The van der Waals surface area contributed by atoms with Gasteiger partial charge >= 0.3 is 12.1 Å². The molecule has 86 valence electrons. The normalized spacial score (nSPS) is 16.3. The lowest BCUT2D eigenvalue weighted by atomic mass is 10.7. The van der Waals surface area contributed by atoms with Crippen LogP contribution in [-0.2, 0) is 10.0 Å². The Hall–Kier alpha value is -1.51. The number of carbonyl (C=O) groups excluding carboxylic acids is 1. The van der Waals surface area contributed by atoms with Crippen molar-refractivity contribution in [1.82, 2.24) is 14.9 Å². The molecule has 0 spiro atoms.